The van der Waals surface area contributed by atoms with Crippen molar-refractivity contribution in [3.63, 3.8) is 0 Å². The summed E-state index contributed by atoms with van der Waals surface area (Å²) in [6.07, 6.45) is 3.43. The molecule has 2 heterocycles. The van der Waals surface area contributed by atoms with Crippen LogP contribution in [0.1, 0.15) is 5.69 Å². The van der Waals surface area contributed by atoms with Gasteiger partial charge in [-0.1, -0.05) is 41.7 Å². The first-order chi connectivity index (χ1) is 13.2. The Balaban J connectivity index is 1.56. The molecule has 0 unspecified atom stereocenters. The Morgan fingerprint density at radius 3 is 2.30 bits per heavy atom. The number of benzene rings is 2. The van der Waals surface area contributed by atoms with Crippen molar-refractivity contribution in [1.82, 2.24) is 15.0 Å². The number of thiazole rings is 1. The lowest BCUT2D eigenvalue weighted by molar-refractivity contribution is 1.14. The summed E-state index contributed by atoms with van der Waals surface area (Å²) in [7, 11) is 2.05. The maximum atomic E-state index is 4.76. The number of aryl methyl sites for hydroxylation is 1. The van der Waals surface area contributed by atoms with Gasteiger partial charge >= 0.3 is 0 Å². The molecule has 1 N–H and O–H groups in total. The molecule has 6 heteroatoms. The Bertz CT molecular complexity index is 1010. The standard InChI is InChI=1S/C21H19N5S/c1-15-19(27-21(24-15)26(2)18-7-4-3-5-8-18)16-9-11-17(12-10-16)25-20-22-13-6-14-23-20/h3-14H,1-2H3,(H,22,23,25). The van der Waals surface area contributed by atoms with E-state index in [1.807, 2.05) is 37.4 Å². The van der Waals surface area contributed by atoms with Gasteiger partial charge < -0.3 is 10.2 Å². The number of para-hydroxylation sites is 1. The molecule has 0 saturated heterocycles. The summed E-state index contributed by atoms with van der Waals surface area (Å²) in [5.74, 6) is 0.589. The summed E-state index contributed by atoms with van der Waals surface area (Å²) < 4.78 is 0. The van der Waals surface area contributed by atoms with Crippen LogP contribution < -0.4 is 10.2 Å². The van der Waals surface area contributed by atoms with E-state index in [-0.39, 0.29) is 0 Å². The van der Waals surface area contributed by atoms with Crippen molar-refractivity contribution in [1.29, 1.82) is 0 Å². The van der Waals surface area contributed by atoms with E-state index in [0.717, 1.165) is 27.8 Å². The molecule has 5 nitrogen and oxygen atoms in total. The SMILES string of the molecule is Cc1nc(N(C)c2ccccc2)sc1-c1ccc(Nc2ncccn2)cc1. The molecule has 0 aliphatic heterocycles. The minimum Gasteiger partial charge on any atom is -0.324 e. The van der Waals surface area contributed by atoms with Gasteiger partial charge in [0.25, 0.3) is 0 Å². The van der Waals surface area contributed by atoms with E-state index >= 15 is 0 Å². The average Bonchev–Trinajstić information content (AvgIpc) is 3.11. The second-order valence-electron chi connectivity index (χ2n) is 6.08. The van der Waals surface area contributed by atoms with Gasteiger partial charge in [-0.25, -0.2) is 15.0 Å². The second-order valence-corrected chi connectivity index (χ2v) is 7.06. The molecule has 2 aromatic heterocycles. The molecule has 0 atom stereocenters. The molecular formula is C21H19N5S. The van der Waals surface area contributed by atoms with Gasteiger partial charge in [-0.05, 0) is 42.8 Å². The smallest absolute Gasteiger partial charge is 0.227 e. The van der Waals surface area contributed by atoms with Crippen molar-refractivity contribution in [2.45, 2.75) is 6.92 Å². The van der Waals surface area contributed by atoms with Crippen molar-refractivity contribution in [2.24, 2.45) is 0 Å². The minimum absolute atomic E-state index is 0.589. The summed E-state index contributed by atoms with van der Waals surface area (Å²) in [4.78, 5) is 16.4. The highest BCUT2D eigenvalue weighted by Gasteiger charge is 2.14. The first-order valence-corrected chi connectivity index (χ1v) is 9.43. The van der Waals surface area contributed by atoms with Gasteiger partial charge in [0, 0.05) is 30.8 Å². The molecule has 0 bridgehead atoms. The van der Waals surface area contributed by atoms with E-state index < -0.39 is 0 Å². The number of hydrogen-bond acceptors (Lipinski definition) is 6. The highest BCUT2D eigenvalue weighted by molar-refractivity contribution is 7.19. The van der Waals surface area contributed by atoms with Crippen LogP contribution in [-0.2, 0) is 0 Å². The number of nitrogens with zero attached hydrogens (tertiary/aromatic N) is 4. The minimum atomic E-state index is 0.589. The Labute approximate surface area is 162 Å². The highest BCUT2D eigenvalue weighted by Crippen LogP contribution is 2.37. The second kappa shape index (κ2) is 7.55. The number of anilines is 4. The zero-order chi connectivity index (χ0) is 18.6. The van der Waals surface area contributed by atoms with Gasteiger partial charge in [0.1, 0.15) is 0 Å². The van der Waals surface area contributed by atoms with Crippen molar-refractivity contribution in [2.75, 3.05) is 17.3 Å². The van der Waals surface area contributed by atoms with Gasteiger partial charge in [0.05, 0.1) is 10.6 Å². The van der Waals surface area contributed by atoms with Crippen molar-refractivity contribution < 1.29 is 0 Å². The highest BCUT2D eigenvalue weighted by atomic mass is 32.1. The quantitative estimate of drug-likeness (QED) is 0.506. The van der Waals surface area contributed by atoms with Crippen LogP contribution in [0.3, 0.4) is 0 Å². The monoisotopic (exact) mass is 373 g/mol. The van der Waals surface area contributed by atoms with Crippen LogP contribution in [0.5, 0.6) is 0 Å². The van der Waals surface area contributed by atoms with E-state index in [4.69, 9.17) is 4.98 Å². The number of hydrogen-bond donors (Lipinski definition) is 1. The largest absolute Gasteiger partial charge is 0.324 e. The molecule has 4 aromatic rings. The summed E-state index contributed by atoms with van der Waals surface area (Å²) in [5.41, 5.74) is 4.26. The zero-order valence-corrected chi connectivity index (χ0v) is 15.9. The third-order valence-electron chi connectivity index (χ3n) is 4.18. The Kier molecular flexibility index (Phi) is 4.80. The fourth-order valence-electron chi connectivity index (χ4n) is 2.75. The Morgan fingerprint density at radius 2 is 1.59 bits per heavy atom. The van der Waals surface area contributed by atoms with Crippen LogP contribution >= 0.6 is 11.3 Å². The molecule has 0 radical (unpaired) electrons. The fourth-order valence-corrected chi connectivity index (χ4v) is 3.81. The lowest BCUT2D eigenvalue weighted by Gasteiger charge is -2.15. The van der Waals surface area contributed by atoms with Crippen LogP contribution in [0.2, 0.25) is 0 Å². The Morgan fingerprint density at radius 1 is 0.889 bits per heavy atom. The normalized spacial score (nSPS) is 10.6. The van der Waals surface area contributed by atoms with Gasteiger partial charge in [-0.3, -0.25) is 0 Å². The van der Waals surface area contributed by atoms with Crippen LogP contribution in [0, 0.1) is 6.92 Å². The molecular weight excluding hydrogens is 354 g/mol. The van der Waals surface area contributed by atoms with Crippen LogP contribution in [0.4, 0.5) is 22.5 Å². The molecule has 134 valence electrons. The molecule has 0 saturated carbocycles. The van der Waals surface area contributed by atoms with Gasteiger partial charge in [0.15, 0.2) is 5.13 Å². The van der Waals surface area contributed by atoms with E-state index in [2.05, 4.69) is 51.4 Å². The molecule has 27 heavy (non-hydrogen) atoms. The summed E-state index contributed by atoms with van der Waals surface area (Å²) in [6, 6.07) is 20.3. The maximum Gasteiger partial charge on any atom is 0.227 e. The maximum absolute atomic E-state index is 4.76. The van der Waals surface area contributed by atoms with Gasteiger partial charge in [0.2, 0.25) is 5.95 Å². The van der Waals surface area contributed by atoms with Crippen molar-refractivity contribution >= 4 is 33.8 Å². The third kappa shape index (κ3) is 3.80. The Hall–Kier alpha value is -3.25. The van der Waals surface area contributed by atoms with E-state index in [1.54, 1.807) is 29.8 Å². The van der Waals surface area contributed by atoms with Crippen LogP contribution in [0.15, 0.2) is 73.1 Å². The van der Waals surface area contributed by atoms with Gasteiger partial charge in [-0.2, -0.15) is 0 Å². The average molecular weight is 373 g/mol. The van der Waals surface area contributed by atoms with Crippen LogP contribution in [0.25, 0.3) is 10.4 Å². The number of rotatable bonds is 5. The van der Waals surface area contributed by atoms with E-state index in [0.29, 0.717) is 5.95 Å². The topological polar surface area (TPSA) is 53.9 Å². The first kappa shape index (κ1) is 17.2. The number of aromatic nitrogens is 3. The summed E-state index contributed by atoms with van der Waals surface area (Å²) in [6.45, 7) is 2.05. The fraction of sp³-hybridized carbons (Fsp3) is 0.0952. The van der Waals surface area contributed by atoms with E-state index in [9.17, 15) is 0 Å². The lowest BCUT2D eigenvalue weighted by atomic mass is 10.1. The number of nitrogens with one attached hydrogen (secondary N) is 1. The molecule has 0 aliphatic carbocycles. The molecule has 2 aromatic carbocycles. The molecule has 0 amide bonds. The van der Waals surface area contributed by atoms with Gasteiger partial charge in [-0.15, -0.1) is 0 Å². The zero-order valence-electron chi connectivity index (χ0n) is 15.1. The summed E-state index contributed by atoms with van der Waals surface area (Å²) in [5, 5.41) is 4.18. The molecule has 0 fully saturated rings. The van der Waals surface area contributed by atoms with Crippen molar-refractivity contribution in [3.05, 3.63) is 78.8 Å². The third-order valence-corrected chi connectivity index (χ3v) is 5.47. The van der Waals surface area contributed by atoms with E-state index in [1.165, 1.54) is 4.88 Å². The molecule has 4 rings (SSSR count). The van der Waals surface area contributed by atoms with Crippen LogP contribution in [-0.4, -0.2) is 22.0 Å². The predicted octanol–water partition coefficient (Wildman–Crippen LogP) is 5.42. The molecule has 0 spiro atoms. The molecule has 0 aliphatic rings. The summed E-state index contributed by atoms with van der Waals surface area (Å²) >= 11 is 1.70. The van der Waals surface area contributed by atoms with Crippen molar-refractivity contribution in [3.8, 4) is 10.4 Å². The predicted molar refractivity (Wildman–Crippen MR) is 112 cm³/mol. The first-order valence-electron chi connectivity index (χ1n) is 8.61. The lowest BCUT2D eigenvalue weighted by Crippen LogP contribution is -2.08.